The molecular weight excluding hydrogens is 306 g/mol. The molecule has 2 aromatic rings. The molecule has 0 radical (unpaired) electrons. The minimum Gasteiger partial charge on any atom is -0.491 e. The quantitative estimate of drug-likeness (QED) is 0.395. The molecule has 0 amide bonds. The average Bonchev–Trinajstić information content (AvgIpc) is 2.66. The summed E-state index contributed by atoms with van der Waals surface area (Å²) in [6, 6.07) is 12.8. The summed E-state index contributed by atoms with van der Waals surface area (Å²) in [7, 11) is 0. The third-order valence-electron chi connectivity index (χ3n) is 4.57. The lowest BCUT2D eigenvalue weighted by Crippen LogP contribution is -2.00. The Hall–Kier alpha value is -1.83. The lowest BCUT2D eigenvalue weighted by atomic mass is 10.0. The molecule has 25 heavy (non-hydrogen) atoms. The van der Waals surface area contributed by atoms with Crippen LogP contribution in [0.5, 0.6) is 5.75 Å². The fourth-order valence-electron chi connectivity index (χ4n) is 3.02. The second-order valence-corrected chi connectivity index (χ2v) is 6.77. The molecule has 136 valence electrons. The number of aryl methyl sites for hydroxylation is 1. The molecule has 2 heteroatoms. The average molecular weight is 340 g/mol. The van der Waals surface area contributed by atoms with Crippen LogP contribution in [-0.4, -0.2) is 11.6 Å². The van der Waals surface area contributed by atoms with E-state index in [0.29, 0.717) is 0 Å². The number of unbranched alkanes of at least 4 members (excludes halogenated alkanes) is 6. The second kappa shape index (κ2) is 11.7. The maximum atomic E-state index is 6.02. The summed E-state index contributed by atoms with van der Waals surface area (Å²) in [5.41, 5.74) is 3.50. The van der Waals surface area contributed by atoms with Gasteiger partial charge in [-0.15, -0.1) is 0 Å². The molecule has 0 saturated carbocycles. The lowest BCUT2D eigenvalue weighted by Gasteiger charge is -2.11. The van der Waals surface area contributed by atoms with Crippen LogP contribution in [-0.2, 0) is 6.42 Å². The predicted octanol–water partition coefficient (Wildman–Crippen LogP) is 6.83. The first-order chi connectivity index (χ1) is 12.3. The van der Waals surface area contributed by atoms with E-state index in [1.807, 2.05) is 18.3 Å². The summed E-state index contributed by atoms with van der Waals surface area (Å²) < 4.78 is 6.02. The molecule has 0 bridgehead atoms. The molecule has 0 aliphatic carbocycles. The Morgan fingerprint density at radius 3 is 2.28 bits per heavy atom. The van der Waals surface area contributed by atoms with Crippen LogP contribution in [0.3, 0.4) is 0 Å². The fourth-order valence-corrected chi connectivity index (χ4v) is 3.02. The molecule has 0 spiro atoms. The molecule has 0 aliphatic rings. The van der Waals surface area contributed by atoms with Crippen LogP contribution in [0.15, 0.2) is 42.6 Å². The summed E-state index contributed by atoms with van der Waals surface area (Å²) in [5.74, 6) is 0.900. The van der Waals surface area contributed by atoms with Gasteiger partial charge in [-0.3, -0.25) is 4.98 Å². The van der Waals surface area contributed by atoms with Crippen molar-refractivity contribution in [3.05, 3.63) is 48.2 Å². The zero-order valence-corrected chi connectivity index (χ0v) is 16.0. The molecule has 0 fully saturated rings. The molecule has 0 atom stereocenters. The molecule has 1 aromatic heterocycles. The minimum absolute atomic E-state index is 0.775. The highest BCUT2D eigenvalue weighted by molar-refractivity contribution is 5.66. The molecule has 1 aromatic carbocycles. The van der Waals surface area contributed by atoms with Crippen LogP contribution in [0.1, 0.15) is 70.8 Å². The van der Waals surface area contributed by atoms with Crippen LogP contribution < -0.4 is 4.74 Å². The number of hydrogen-bond acceptors (Lipinski definition) is 2. The van der Waals surface area contributed by atoms with Gasteiger partial charge in [-0.05, 0) is 37.0 Å². The first kappa shape index (κ1) is 19.5. The van der Waals surface area contributed by atoms with Crippen LogP contribution in [0.25, 0.3) is 11.3 Å². The predicted molar refractivity (Wildman–Crippen MR) is 107 cm³/mol. The van der Waals surface area contributed by atoms with Gasteiger partial charge in [0, 0.05) is 11.8 Å². The van der Waals surface area contributed by atoms with Crippen molar-refractivity contribution in [2.45, 2.75) is 71.6 Å². The highest BCUT2D eigenvalue weighted by atomic mass is 16.5. The van der Waals surface area contributed by atoms with E-state index in [1.54, 1.807) is 0 Å². The maximum absolute atomic E-state index is 6.02. The summed E-state index contributed by atoms with van der Waals surface area (Å²) in [4.78, 5) is 4.56. The summed E-state index contributed by atoms with van der Waals surface area (Å²) in [5, 5.41) is 0. The molecular formula is C23H33NO. The maximum Gasteiger partial charge on any atom is 0.145 e. The number of rotatable bonds is 12. The Kier molecular flexibility index (Phi) is 9.11. The number of aromatic nitrogens is 1. The van der Waals surface area contributed by atoms with Crippen LogP contribution in [0.2, 0.25) is 0 Å². The van der Waals surface area contributed by atoms with E-state index in [1.165, 1.54) is 50.5 Å². The van der Waals surface area contributed by atoms with Gasteiger partial charge in [-0.1, -0.05) is 76.6 Å². The van der Waals surface area contributed by atoms with E-state index in [2.05, 4.69) is 43.1 Å². The topological polar surface area (TPSA) is 22.1 Å². The summed E-state index contributed by atoms with van der Waals surface area (Å²) in [6.45, 7) is 5.26. The zero-order chi connectivity index (χ0) is 17.7. The number of nitrogens with zero attached hydrogens (tertiary/aromatic N) is 1. The third-order valence-corrected chi connectivity index (χ3v) is 4.57. The lowest BCUT2D eigenvalue weighted by molar-refractivity contribution is 0.305. The van der Waals surface area contributed by atoms with Crippen molar-refractivity contribution in [3.8, 4) is 17.0 Å². The third kappa shape index (κ3) is 6.89. The van der Waals surface area contributed by atoms with E-state index in [-0.39, 0.29) is 0 Å². The van der Waals surface area contributed by atoms with Crippen molar-refractivity contribution in [2.75, 3.05) is 6.61 Å². The van der Waals surface area contributed by atoms with Gasteiger partial charge in [-0.25, -0.2) is 0 Å². The molecule has 0 saturated heterocycles. The van der Waals surface area contributed by atoms with Gasteiger partial charge in [0.15, 0.2) is 0 Å². The summed E-state index contributed by atoms with van der Waals surface area (Å²) in [6.07, 6.45) is 13.1. The van der Waals surface area contributed by atoms with Crippen LogP contribution in [0.4, 0.5) is 0 Å². The Morgan fingerprint density at radius 1 is 0.800 bits per heavy atom. The Bertz CT molecular complexity index is 591. The monoisotopic (exact) mass is 339 g/mol. The fraction of sp³-hybridized carbons (Fsp3) is 0.522. The van der Waals surface area contributed by atoms with Gasteiger partial charge in [0.05, 0.1) is 6.61 Å². The number of hydrogen-bond donors (Lipinski definition) is 0. The van der Waals surface area contributed by atoms with Gasteiger partial charge >= 0.3 is 0 Å². The highest BCUT2D eigenvalue weighted by Gasteiger charge is 2.07. The molecule has 2 nitrogen and oxygen atoms in total. The van der Waals surface area contributed by atoms with Gasteiger partial charge in [0.25, 0.3) is 0 Å². The van der Waals surface area contributed by atoms with E-state index in [4.69, 9.17) is 4.74 Å². The van der Waals surface area contributed by atoms with Gasteiger partial charge in [0.2, 0.25) is 0 Å². The Labute approximate surface area is 153 Å². The van der Waals surface area contributed by atoms with Crippen LogP contribution >= 0.6 is 0 Å². The van der Waals surface area contributed by atoms with Gasteiger partial charge < -0.3 is 4.74 Å². The van der Waals surface area contributed by atoms with Gasteiger partial charge in [-0.2, -0.15) is 0 Å². The van der Waals surface area contributed by atoms with Crippen molar-refractivity contribution in [3.63, 3.8) is 0 Å². The first-order valence-corrected chi connectivity index (χ1v) is 10.0. The summed E-state index contributed by atoms with van der Waals surface area (Å²) >= 11 is 0. The van der Waals surface area contributed by atoms with E-state index in [9.17, 15) is 0 Å². The van der Waals surface area contributed by atoms with Crippen molar-refractivity contribution in [1.82, 2.24) is 4.98 Å². The van der Waals surface area contributed by atoms with E-state index >= 15 is 0 Å². The Morgan fingerprint density at radius 2 is 1.52 bits per heavy atom. The van der Waals surface area contributed by atoms with E-state index in [0.717, 1.165) is 36.5 Å². The van der Waals surface area contributed by atoms with Crippen molar-refractivity contribution in [1.29, 1.82) is 0 Å². The van der Waals surface area contributed by atoms with E-state index < -0.39 is 0 Å². The molecule has 0 N–H and O–H groups in total. The molecule has 0 aliphatic heterocycles. The standard InChI is InChI=1S/C23H33NO/c1-3-5-7-8-10-19-25-22-13-11-18-24-23(22)21-16-14-20(15-17-21)12-9-6-4-2/h11,13-18H,3-10,12,19H2,1-2H3. The van der Waals surface area contributed by atoms with Crippen molar-refractivity contribution >= 4 is 0 Å². The SMILES string of the molecule is CCCCCCCOc1cccnc1-c1ccc(CCCCC)cc1. The molecule has 0 unspecified atom stereocenters. The minimum atomic E-state index is 0.775. The molecule has 2 rings (SSSR count). The highest BCUT2D eigenvalue weighted by Crippen LogP contribution is 2.28. The Balaban J connectivity index is 1.92. The smallest absolute Gasteiger partial charge is 0.145 e. The molecule has 1 heterocycles. The number of pyridine rings is 1. The number of benzene rings is 1. The van der Waals surface area contributed by atoms with Gasteiger partial charge in [0.1, 0.15) is 11.4 Å². The van der Waals surface area contributed by atoms with Crippen molar-refractivity contribution < 1.29 is 4.74 Å². The second-order valence-electron chi connectivity index (χ2n) is 6.77. The number of ether oxygens (including phenoxy) is 1. The zero-order valence-electron chi connectivity index (χ0n) is 16.0. The largest absolute Gasteiger partial charge is 0.491 e. The van der Waals surface area contributed by atoms with Crippen molar-refractivity contribution in [2.24, 2.45) is 0 Å². The normalized spacial score (nSPS) is 10.8. The van der Waals surface area contributed by atoms with Crippen LogP contribution in [0, 0.1) is 0 Å². The first-order valence-electron chi connectivity index (χ1n) is 10.0.